The molecule has 88 valence electrons. The summed E-state index contributed by atoms with van der Waals surface area (Å²) in [6, 6.07) is 6.59. The Balaban J connectivity index is 2.59. The zero-order chi connectivity index (χ0) is 12.2. The summed E-state index contributed by atoms with van der Waals surface area (Å²) in [5.41, 5.74) is 0.461. The van der Waals surface area contributed by atoms with Crippen LogP contribution in [0.15, 0.2) is 24.3 Å². The van der Waals surface area contributed by atoms with Crippen molar-refractivity contribution >= 4 is 52.7 Å². The van der Waals surface area contributed by atoms with Crippen molar-refractivity contribution < 1.29 is 9.53 Å². The average Bonchev–Trinajstić information content (AvgIpc) is 2.25. The Kier molecular flexibility index (Phi) is 5.05. The van der Waals surface area contributed by atoms with Crippen molar-refractivity contribution in [3.8, 4) is 5.75 Å². The number of hydrogen-bond donors (Lipinski definition) is 1. The van der Waals surface area contributed by atoms with Crippen molar-refractivity contribution in [3.63, 3.8) is 0 Å². The number of alkyl halides is 3. The topological polar surface area (TPSA) is 38.3 Å². The lowest BCUT2D eigenvalue weighted by Crippen LogP contribution is -2.19. The number of methoxy groups -OCH3 is 1. The zero-order valence-corrected chi connectivity index (χ0v) is 11.3. The van der Waals surface area contributed by atoms with Gasteiger partial charge >= 0.3 is 0 Å². The molecular weight excluding hydrogens is 293 g/mol. The van der Waals surface area contributed by atoms with Gasteiger partial charge in [0.1, 0.15) is 5.75 Å². The van der Waals surface area contributed by atoms with Gasteiger partial charge in [0.2, 0.25) is 0 Å². The summed E-state index contributed by atoms with van der Waals surface area (Å²) in [7, 11) is 1.55. The Morgan fingerprint density at radius 2 is 1.88 bits per heavy atom. The Morgan fingerprint density at radius 1 is 1.31 bits per heavy atom. The van der Waals surface area contributed by atoms with Crippen molar-refractivity contribution in [2.45, 2.75) is 3.12 Å². The third kappa shape index (κ3) is 4.70. The summed E-state index contributed by atoms with van der Waals surface area (Å²) in [5, 5.41) is 0. The maximum absolute atomic E-state index is 11.5. The molecule has 0 fully saturated rings. The van der Waals surface area contributed by atoms with Crippen LogP contribution >= 0.6 is 46.8 Å². The number of hydrogen-bond acceptors (Lipinski definition) is 3. The lowest BCUT2D eigenvalue weighted by atomic mass is 10.2. The van der Waals surface area contributed by atoms with Gasteiger partial charge in [-0.25, -0.2) is 0 Å². The number of nitrogens with one attached hydrogen (secondary N) is 1. The highest BCUT2D eigenvalue weighted by atomic mass is 35.6. The van der Waals surface area contributed by atoms with Gasteiger partial charge in [0.05, 0.1) is 7.11 Å². The first-order valence-electron chi connectivity index (χ1n) is 4.11. The van der Waals surface area contributed by atoms with E-state index in [1.807, 2.05) is 0 Å². The number of halogens is 3. The second-order valence-corrected chi connectivity index (χ2v) is 6.68. The van der Waals surface area contributed by atoms with E-state index in [0.717, 1.165) is 0 Å². The predicted octanol–water partition coefficient (Wildman–Crippen LogP) is 3.40. The van der Waals surface area contributed by atoms with E-state index in [2.05, 4.69) is 4.72 Å². The van der Waals surface area contributed by atoms with Crippen LogP contribution in [0, 0.1) is 0 Å². The summed E-state index contributed by atoms with van der Waals surface area (Å²) < 4.78 is 5.81. The Hall–Kier alpha value is -0.290. The predicted molar refractivity (Wildman–Crippen MR) is 68.3 cm³/mol. The molecule has 0 bridgehead atoms. The summed E-state index contributed by atoms with van der Waals surface area (Å²) in [4.78, 5) is 11.5. The molecule has 0 aromatic heterocycles. The second kappa shape index (κ2) is 5.87. The van der Waals surface area contributed by atoms with Crippen LogP contribution in [0.3, 0.4) is 0 Å². The third-order valence-electron chi connectivity index (χ3n) is 1.61. The van der Waals surface area contributed by atoms with Gasteiger partial charge in [-0.05, 0) is 24.3 Å². The van der Waals surface area contributed by atoms with E-state index in [0.29, 0.717) is 23.3 Å². The quantitative estimate of drug-likeness (QED) is 0.687. The molecule has 0 saturated carbocycles. The van der Waals surface area contributed by atoms with E-state index in [9.17, 15) is 4.79 Å². The Labute approximate surface area is 113 Å². The van der Waals surface area contributed by atoms with Crippen LogP contribution in [0.1, 0.15) is 10.4 Å². The largest absolute Gasteiger partial charge is 0.497 e. The van der Waals surface area contributed by atoms with Gasteiger partial charge in [0.15, 0.2) is 0 Å². The fourth-order valence-corrected chi connectivity index (χ4v) is 1.58. The smallest absolute Gasteiger partial charge is 0.261 e. The molecule has 0 atom stereocenters. The van der Waals surface area contributed by atoms with Gasteiger partial charge in [0.25, 0.3) is 9.03 Å². The zero-order valence-electron chi connectivity index (χ0n) is 8.17. The number of rotatable bonds is 3. The molecule has 1 rings (SSSR count). The van der Waals surface area contributed by atoms with Crippen LogP contribution < -0.4 is 9.46 Å². The number of amides is 1. The standard InChI is InChI=1S/C9H8Cl3NO2S/c1-15-7-4-2-6(3-5-7)8(14)13-16-9(10,11)12/h2-5H,1H3,(H,13,14). The maximum atomic E-state index is 11.5. The van der Waals surface area contributed by atoms with E-state index < -0.39 is 3.12 Å². The molecule has 0 spiro atoms. The monoisotopic (exact) mass is 299 g/mol. The van der Waals surface area contributed by atoms with Gasteiger partial charge in [-0.1, -0.05) is 34.8 Å². The molecule has 16 heavy (non-hydrogen) atoms. The van der Waals surface area contributed by atoms with Crippen LogP contribution in [-0.4, -0.2) is 16.1 Å². The van der Waals surface area contributed by atoms with Crippen molar-refractivity contribution in [2.75, 3.05) is 7.11 Å². The lowest BCUT2D eigenvalue weighted by Gasteiger charge is -2.10. The molecule has 3 nitrogen and oxygen atoms in total. The molecule has 0 aliphatic heterocycles. The van der Waals surface area contributed by atoms with Crippen LogP contribution in [0.4, 0.5) is 0 Å². The van der Waals surface area contributed by atoms with Gasteiger partial charge in [-0.15, -0.1) is 0 Å². The van der Waals surface area contributed by atoms with Crippen molar-refractivity contribution in [1.82, 2.24) is 4.72 Å². The van der Waals surface area contributed by atoms with E-state index in [4.69, 9.17) is 39.5 Å². The first-order valence-corrected chi connectivity index (χ1v) is 6.06. The fourth-order valence-electron chi connectivity index (χ4n) is 0.906. The molecule has 0 unspecified atom stereocenters. The van der Waals surface area contributed by atoms with Gasteiger partial charge < -0.3 is 4.74 Å². The molecule has 7 heteroatoms. The average molecular weight is 301 g/mol. The van der Waals surface area contributed by atoms with E-state index in [1.54, 1.807) is 31.4 Å². The molecule has 1 aromatic rings. The minimum Gasteiger partial charge on any atom is -0.497 e. The number of carbonyl (C=O) groups excluding carboxylic acids is 1. The van der Waals surface area contributed by atoms with E-state index in [-0.39, 0.29) is 5.91 Å². The highest BCUT2D eigenvalue weighted by Crippen LogP contribution is 2.36. The molecule has 0 aliphatic rings. The number of carbonyl (C=O) groups is 1. The van der Waals surface area contributed by atoms with Crippen LogP contribution in [0.2, 0.25) is 0 Å². The maximum Gasteiger partial charge on any atom is 0.261 e. The van der Waals surface area contributed by atoms with E-state index in [1.165, 1.54) is 0 Å². The van der Waals surface area contributed by atoms with Crippen LogP contribution in [0.25, 0.3) is 0 Å². The molecule has 0 heterocycles. The number of benzene rings is 1. The molecule has 0 radical (unpaired) electrons. The third-order valence-corrected chi connectivity index (χ3v) is 2.82. The Bertz CT molecular complexity index is 364. The molecular formula is C9H8Cl3NO2S. The molecule has 0 aliphatic carbocycles. The first-order chi connectivity index (χ1) is 7.42. The first kappa shape index (κ1) is 13.8. The summed E-state index contributed by atoms with van der Waals surface area (Å²) >= 11 is 17.1. The van der Waals surface area contributed by atoms with Crippen molar-refractivity contribution in [3.05, 3.63) is 29.8 Å². The second-order valence-electron chi connectivity index (χ2n) is 2.71. The number of ether oxygens (including phenoxy) is 1. The van der Waals surface area contributed by atoms with Crippen LogP contribution in [0.5, 0.6) is 5.75 Å². The minimum atomic E-state index is -1.57. The summed E-state index contributed by atoms with van der Waals surface area (Å²) in [5.74, 6) is 0.338. The summed E-state index contributed by atoms with van der Waals surface area (Å²) in [6.07, 6.45) is 0. The highest BCUT2D eigenvalue weighted by molar-refractivity contribution is 8.03. The Morgan fingerprint density at radius 3 is 2.31 bits per heavy atom. The van der Waals surface area contributed by atoms with Gasteiger partial charge in [0, 0.05) is 17.5 Å². The lowest BCUT2D eigenvalue weighted by molar-refractivity contribution is 0.0984. The molecule has 1 N–H and O–H groups in total. The highest BCUT2D eigenvalue weighted by Gasteiger charge is 2.22. The van der Waals surface area contributed by atoms with E-state index >= 15 is 0 Å². The SMILES string of the molecule is COc1ccc(C(=O)NSC(Cl)(Cl)Cl)cc1. The van der Waals surface area contributed by atoms with Crippen molar-refractivity contribution in [2.24, 2.45) is 0 Å². The molecule has 1 amide bonds. The van der Waals surface area contributed by atoms with Crippen LogP contribution in [-0.2, 0) is 0 Å². The van der Waals surface area contributed by atoms with Crippen molar-refractivity contribution in [1.29, 1.82) is 0 Å². The normalized spacial score (nSPS) is 11.0. The summed E-state index contributed by atoms with van der Waals surface area (Å²) in [6.45, 7) is 0. The molecule has 0 saturated heterocycles. The minimum absolute atomic E-state index is 0.334. The van der Waals surface area contributed by atoms with Gasteiger partial charge in [-0.3, -0.25) is 9.52 Å². The molecule has 1 aromatic carbocycles. The fraction of sp³-hybridized carbons (Fsp3) is 0.222. The van der Waals surface area contributed by atoms with Gasteiger partial charge in [-0.2, -0.15) is 0 Å².